The molecule has 2 N–H and O–H groups in total. The lowest BCUT2D eigenvalue weighted by molar-refractivity contribution is -0.386. The van der Waals surface area contributed by atoms with Gasteiger partial charge in [-0.25, -0.2) is 0 Å². The van der Waals surface area contributed by atoms with Crippen LogP contribution in [0.1, 0.15) is 34.7 Å². The van der Waals surface area contributed by atoms with Crippen molar-refractivity contribution in [2.75, 3.05) is 0 Å². The van der Waals surface area contributed by atoms with E-state index in [4.69, 9.17) is 0 Å². The fourth-order valence-electron chi connectivity index (χ4n) is 4.28. The summed E-state index contributed by atoms with van der Waals surface area (Å²) in [5.74, 6) is 0. The molecule has 5 rings (SSSR count). The quantitative estimate of drug-likeness (QED) is 0.251. The Hall–Kier alpha value is -4.20. The second-order valence-corrected chi connectivity index (χ2v) is 8.51. The molecule has 2 atom stereocenters. The normalized spacial score (nSPS) is 13.1. The van der Waals surface area contributed by atoms with Crippen LogP contribution >= 0.6 is 0 Å². The molecular weight excluding hydrogens is 442 g/mol. The number of nitro benzene ring substituents is 1. The summed E-state index contributed by atoms with van der Waals surface area (Å²) in [5.41, 5.74) is 3.29. The summed E-state index contributed by atoms with van der Waals surface area (Å²) >= 11 is 0. The predicted molar refractivity (Wildman–Crippen MR) is 134 cm³/mol. The van der Waals surface area contributed by atoms with E-state index < -0.39 is 17.1 Å². The maximum atomic E-state index is 11.8. The van der Waals surface area contributed by atoms with Gasteiger partial charge >= 0.3 is 0 Å². The number of aliphatic hydroxyl groups is 2. The highest BCUT2D eigenvalue weighted by Crippen LogP contribution is 2.31. The SMILES string of the molecule is O=[N+]([O-])c1cc([C@@H](O)Cc2ccc3ccccc3n2)ccc1[C@@H](O)Cc1ccc2ccccc2n1. The number of rotatable bonds is 7. The van der Waals surface area contributed by atoms with Gasteiger partial charge in [0, 0.05) is 41.1 Å². The van der Waals surface area contributed by atoms with Gasteiger partial charge in [0.05, 0.1) is 33.7 Å². The van der Waals surface area contributed by atoms with E-state index in [1.807, 2.05) is 72.8 Å². The standard InChI is InChI=1S/C28H23N3O4/c32-27(16-21-12-9-18-5-1-3-7-24(18)29-21)20-11-14-23(26(15-20)31(34)35)28(33)17-22-13-10-19-6-2-4-8-25(19)30-22/h1-15,27-28,32-33H,16-17H2/t27-,28-/m0/s1. The first-order valence-electron chi connectivity index (χ1n) is 11.3. The molecule has 0 amide bonds. The average Bonchev–Trinajstić information content (AvgIpc) is 2.88. The molecule has 174 valence electrons. The van der Waals surface area contributed by atoms with Crippen LogP contribution in [0.15, 0.2) is 91.0 Å². The van der Waals surface area contributed by atoms with E-state index in [0.29, 0.717) is 17.0 Å². The molecule has 0 aliphatic carbocycles. The first-order chi connectivity index (χ1) is 17.0. The second-order valence-electron chi connectivity index (χ2n) is 8.51. The number of benzene rings is 3. The molecule has 0 unspecified atom stereocenters. The lowest BCUT2D eigenvalue weighted by Gasteiger charge is -2.15. The predicted octanol–water partition coefficient (Wildman–Crippen LogP) is 5.24. The van der Waals surface area contributed by atoms with Crippen molar-refractivity contribution in [2.45, 2.75) is 25.0 Å². The van der Waals surface area contributed by atoms with E-state index in [1.165, 1.54) is 12.1 Å². The van der Waals surface area contributed by atoms with Gasteiger partial charge in [0.25, 0.3) is 5.69 Å². The highest BCUT2D eigenvalue weighted by molar-refractivity contribution is 5.79. The number of hydrogen-bond donors (Lipinski definition) is 2. The summed E-state index contributed by atoms with van der Waals surface area (Å²) in [6.45, 7) is 0. The summed E-state index contributed by atoms with van der Waals surface area (Å²) in [7, 11) is 0. The minimum atomic E-state index is -1.11. The van der Waals surface area contributed by atoms with Gasteiger partial charge in [0.2, 0.25) is 0 Å². The Kier molecular flexibility index (Phi) is 6.18. The largest absolute Gasteiger partial charge is 0.388 e. The van der Waals surface area contributed by atoms with E-state index in [9.17, 15) is 20.3 Å². The Labute approximate surface area is 201 Å². The zero-order valence-electron chi connectivity index (χ0n) is 18.8. The van der Waals surface area contributed by atoms with Gasteiger partial charge in [-0.1, -0.05) is 54.6 Å². The molecule has 0 bridgehead atoms. The molecule has 7 nitrogen and oxygen atoms in total. The number of hydrogen-bond acceptors (Lipinski definition) is 6. The molecule has 3 aromatic carbocycles. The summed E-state index contributed by atoms with van der Waals surface area (Å²) in [6, 6.07) is 27.3. The highest BCUT2D eigenvalue weighted by atomic mass is 16.6. The molecular formula is C28H23N3O4. The van der Waals surface area contributed by atoms with Crippen molar-refractivity contribution >= 4 is 27.5 Å². The Morgan fingerprint density at radius 2 is 1.26 bits per heavy atom. The molecule has 2 aromatic heterocycles. The van der Waals surface area contributed by atoms with Crippen LogP contribution in [0.4, 0.5) is 5.69 Å². The first-order valence-corrected chi connectivity index (χ1v) is 11.3. The van der Waals surface area contributed by atoms with Crippen LogP contribution in [0.5, 0.6) is 0 Å². The molecule has 7 heteroatoms. The van der Waals surface area contributed by atoms with Crippen molar-refractivity contribution in [3.63, 3.8) is 0 Å². The van der Waals surface area contributed by atoms with Crippen molar-refractivity contribution in [1.82, 2.24) is 9.97 Å². The molecule has 35 heavy (non-hydrogen) atoms. The van der Waals surface area contributed by atoms with Gasteiger partial charge < -0.3 is 10.2 Å². The zero-order valence-corrected chi connectivity index (χ0v) is 18.8. The monoisotopic (exact) mass is 465 g/mol. The van der Waals surface area contributed by atoms with Crippen molar-refractivity contribution in [3.8, 4) is 0 Å². The minimum absolute atomic E-state index is 0.134. The van der Waals surface area contributed by atoms with Gasteiger partial charge in [-0.3, -0.25) is 20.1 Å². The Morgan fingerprint density at radius 3 is 1.83 bits per heavy atom. The van der Waals surface area contributed by atoms with Crippen molar-refractivity contribution in [3.05, 3.63) is 124 Å². The van der Waals surface area contributed by atoms with Crippen molar-refractivity contribution in [2.24, 2.45) is 0 Å². The lowest BCUT2D eigenvalue weighted by Crippen LogP contribution is -2.09. The summed E-state index contributed by atoms with van der Waals surface area (Å²) in [5, 5.41) is 35.4. The molecule has 0 fully saturated rings. The first kappa shape index (κ1) is 22.6. The van der Waals surface area contributed by atoms with Crippen molar-refractivity contribution in [1.29, 1.82) is 0 Å². The Bertz CT molecular complexity index is 1540. The van der Waals surface area contributed by atoms with Crippen LogP contribution in [0.25, 0.3) is 21.8 Å². The van der Waals surface area contributed by atoms with Crippen LogP contribution < -0.4 is 0 Å². The third-order valence-corrected chi connectivity index (χ3v) is 6.11. The number of aromatic nitrogens is 2. The van der Waals surface area contributed by atoms with Crippen LogP contribution in [0.3, 0.4) is 0 Å². The van der Waals surface area contributed by atoms with E-state index in [0.717, 1.165) is 21.8 Å². The number of nitro groups is 1. The second kappa shape index (κ2) is 9.58. The minimum Gasteiger partial charge on any atom is -0.388 e. The van der Waals surface area contributed by atoms with E-state index in [2.05, 4.69) is 9.97 Å². The van der Waals surface area contributed by atoms with Crippen LogP contribution in [-0.2, 0) is 12.8 Å². The fourth-order valence-corrected chi connectivity index (χ4v) is 4.28. The fraction of sp³-hybridized carbons (Fsp3) is 0.143. The van der Waals surface area contributed by atoms with Crippen LogP contribution in [-0.4, -0.2) is 25.1 Å². The lowest BCUT2D eigenvalue weighted by atomic mass is 9.97. The molecule has 0 radical (unpaired) electrons. The third kappa shape index (κ3) is 4.87. The molecule has 0 aliphatic heterocycles. The zero-order chi connectivity index (χ0) is 24.4. The maximum Gasteiger partial charge on any atom is 0.275 e. The van der Waals surface area contributed by atoms with Gasteiger partial charge in [0.15, 0.2) is 0 Å². The van der Waals surface area contributed by atoms with Gasteiger partial charge in [-0.05, 0) is 35.9 Å². The number of fused-ring (bicyclic) bond motifs is 2. The Balaban J connectivity index is 1.37. The molecule has 0 saturated carbocycles. The maximum absolute atomic E-state index is 11.8. The number of aliphatic hydroxyl groups excluding tert-OH is 2. The highest BCUT2D eigenvalue weighted by Gasteiger charge is 2.24. The molecule has 0 spiro atoms. The van der Waals surface area contributed by atoms with E-state index in [-0.39, 0.29) is 24.1 Å². The summed E-state index contributed by atoms with van der Waals surface area (Å²) in [6.07, 6.45) is -1.74. The average molecular weight is 466 g/mol. The Morgan fingerprint density at radius 1 is 0.714 bits per heavy atom. The summed E-state index contributed by atoms with van der Waals surface area (Å²) in [4.78, 5) is 20.4. The summed E-state index contributed by atoms with van der Waals surface area (Å²) < 4.78 is 0. The number of nitrogens with zero attached hydrogens (tertiary/aromatic N) is 3. The molecule has 5 aromatic rings. The molecule has 0 aliphatic rings. The van der Waals surface area contributed by atoms with E-state index in [1.54, 1.807) is 6.07 Å². The van der Waals surface area contributed by atoms with Gasteiger partial charge in [0.1, 0.15) is 0 Å². The third-order valence-electron chi connectivity index (χ3n) is 6.11. The van der Waals surface area contributed by atoms with Crippen LogP contribution in [0.2, 0.25) is 0 Å². The van der Waals surface area contributed by atoms with Gasteiger partial charge in [-0.15, -0.1) is 0 Å². The van der Waals surface area contributed by atoms with E-state index >= 15 is 0 Å². The van der Waals surface area contributed by atoms with Gasteiger partial charge in [-0.2, -0.15) is 0 Å². The number of para-hydroxylation sites is 2. The molecule has 0 saturated heterocycles. The topological polar surface area (TPSA) is 109 Å². The van der Waals surface area contributed by atoms with Crippen LogP contribution in [0, 0.1) is 10.1 Å². The van der Waals surface area contributed by atoms with Crippen molar-refractivity contribution < 1.29 is 15.1 Å². The smallest absolute Gasteiger partial charge is 0.275 e. The molecule has 2 heterocycles. The number of pyridine rings is 2.